The molecule has 2 nitrogen and oxygen atoms in total. The SMILES string of the molecule is CC1CCCC1C(NN)c1cc(F)cc(F)c1. The van der Waals surface area contributed by atoms with Crippen molar-refractivity contribution in [2.45, 2.75) is 32.2 Å². The van der Waals surface area contributed by atoms with Crippen molar-refractivity contribution in [3.63, 3.8) is 0 Å². The molecule has 1 aliphatic carbocycles. The smallest absolute Gasteiger partial charge is 0.126 e. The molecule has 0 spiro atoms. The molecule has 4 heteroatoms. The molecular weight excluding hydrogens is 222 g/mol. The first kappa shape index (κ1) is 12.5. The van der Waals surface area contributed by atoms with Crippen LogP contribution in [0.15, 0.2) is 18.2 Å². The monoisotopic (exact) mass is 240 g/mol. The van der Waals surface area contributed by atoms with Gasteiger partial charge in [-0.15, -0.1) is 0 Å². The van der Waals surface area contributed by atoms with Crippen molar-refractivity contribution in [2.75, 3.05) is 0 Å². The summed E-state index contributed by atoms with van der Waals surface area (Å²) in [6.45, 7) is 2.16. The van der Waals surface area contributed by atoms with Gasteiger partial charge in [0.05, 0.1) is 0 Å². The maximum absolute atomic E-state index is 13.2. The zero-order valence-corrected chi connectivity index (χ0v) is 9.92. The van der Waals surface area contributed by atoms with Crippen LogP contribution in [0.3, 0.4) is 0 Å². The van der Waals surface area contributed by atoms with Crippen molar-refractivity contribution in [1.82, 2.24) is 5.43 Å². The minimum atomic E-state index is -0.550. The highest BCUT2D eigenvalue weighted by molar-refractivity contribution is 5.22. The van der Waals surface area contributed by atoms with Gasteiger partial charge < -0.3 is 0 Å². The summed E-state index contributed by atoms with van der Waals surface area (Å²) in [4.78, 5) is 0. The molecule has 0 amide bonds. The van der Waals surface area contributed by atoms with Gasteiger partial charge in [0.2, 0.25) is 0 Å². The normalized spacial score (nSPS) is 26.1. The lowest BCUT2D eigenvalue weighted by Gasteiger charge is -2.26. The molecule has 0 aromatic heterocycles. The lowest BCUT2D eigenvalue weighted by Crippen LogP contribution is -2.34. The molecule has 17 heavy (non-hydrogen) atoms. The molecule has 94 valence electrons. The minimum Gasteiger partial charge on any atom is -0.271 e. The number of benzene rings is 1. The van der Waals surface area contributed by atoms with E-state index in [2.05, 4.69) is 12.3 Å². The fourth-order valence-corrected chi connectivity index (χ4v) is 2.89. The Kier molecular flexibility index (Phi) is 3.74. The Labute approximate surface area is 100 Å². The van der Waals surface area contributed by atoms with Crippen molar-refractivity contribution >= 4 is 0 Å². The second kappa shape index (κ2) is 5.10. The first-order valence-electron chi connectivity index (χ1n) is 6.04. The van der Waals surface area contributed by atoms with Gasteiger partial charge >= 0.3 is 0 Å². The van der Waals surface area contributed by atoms with Crippen molar-refractivity contribution in [3.05, 3.63) is 35.4 Å². The summed E-state index contributed by atoms with van der Waals surface area (Å²) < 4.78 is 26.4. The van der Waals surface area contributed by atoms with Crippen molar-refractivity contribution in [1.29, 1.82) is 0 Å². The van der Waals surface area contributed by atoms with Gasteiger partial charge in [-0.1, -0.05) is 19.8 Å². The van der Waals surface area contributed by atoms with E-state index in [9.17, 15) is 8.78 Å². The molecule has 1 aromatic rings. The van der Waals surface area contributed by atoms with Crippen molar-refractivity contribution in [2.24, 2.45) is 17.7 Å². The molecule has 3 unspecified atom stereocenters. The maximum atomic E-state index is 13.2. The molecular formula is C13H18F2N2. The Morgan fingerprint density at radius 2 is 1.88 bits per heavy atom. The van der Waals surface area contributed by atoms with Crippen molar-refractivity contribution in [3.8, 4) is 0 Å². The minimum absolute atomic E-state index is 0.169. The number of nitrogens with one attached hydrogen (secondary N) is 1. The second-order valence-corrected chi connectivity index (χ2v) is 4.92. The third-order valence-electron chi connectivity index (χ3n) is 3.78. The van der Waals surface area contributed by atoms with E-state index in [0.29, 0.717) is 17.4 Å². The van der Waals surface area contributed by atoms with E-state index < -0.39 is 11.6 Å². The highest BCUT2D eigenvalue weighted by Gasteiger charge is 2.31. The average molecular weight is 240 g/mol. The standard InChI is InChI=1S/C13H18F2N2/c1-8-3-2-4-12(8)13(17-16)9-5-10(14)7-11(15)6-9/h5-8,12-13,17H,2-4,16H2,1H3. The van der Waals surface area contributed by atoms with Crippen LogP contribution in [0.5, 0.6) is 0 Å². The van der Waals surface area contributed by atoms with E-state index in [1.54, 1.807) is 0 Å². The average Bonchev–Trinajstić information content (AvgIpc) is 2.65. The Morgan fingerprint density at radius 1 is 1.24 bits per heavy atom. The maximum Gasteiger partial charge on any atom is 0.126 e. The van der Waals surface area contributed by atoms with E-state index in [1.165, 1.54) is 12.1 Å². The van der Waals surface area contributed by atoms with E-state index in [-0.39, 0.29) is 6.04 Å². The molecule has 1 fully saturated rings. The predicted molar refractivity (Wildman–Crippen MR) is 62.9 cm³/mol. The Hall–Kier alpha value is -1.00. The van der Waals surface area contributed by atoms with Gasteiger partial charge in [0.1, 0.15) is 11.6 Å². The summed E-state index contributed by atoms with van der Waals surface area (Å²) in [5.74, 6) is 5.33. The van der Waals surface area contributed by atoms with Crippen LogP contribution in [0.4, 0.5) is 8.78 Å². The van der Waals surface area contributed by atoms with Gasteiger partial charge in [0, 0.05) is 12.1 Å². The van der Waals surface area contributed by atoms with Gasteiger partial charge in [-0.05, 0) is 36.0 Å². The van der Waals surface area contributed by atoms with Crippen LogP contribution in [0.1, 0.15) is 37.8 Å². The van der Waals surface area contributed by atoms with Crippen LogP contribution < -0.4 is 11.3 Å². The quantitative estimate of drug-likeness (QED) is 0.629. The van der Waals surface area contributed by atoms with Gasteiger partial charge in [0.15, 0.2) is 0 Å². The highest BCUT2D eigenvalue weighted by atomic mass is 19.1. The lowest BCUT2D eigenvalue weighted by atomic mass is 9.86. The lowest BCUT2D eigenvalue weighted by molar-refractivity contribution is 0.303. The van der Waals surface area contributed by atoms with Gasteiger partial charge in [0.25, 0.3) is 0 Å². The number of hydrogen-bond donors (Lipinski definition) is 2. The Bertz CT molecular complexity index is 375. The van der Waals surface area contributed by atoms with Crippen LogP contribution in [-0.4, -0.2) is 0 Å². The van der Waals surface area contributed by atoms with Crippen molar-refractivity contribution < 1.29 is 8.78 Å². The van der Waals surface area contributed by atoms with E-state index >= 15 is 0 Å². The molecule has 2 rings (SSSR count). The van der Waals surface area contributed by atoms with Crippen LogP contribution in [0, 0.1) is 23.5 Å². The topological polar surface area (TPSA) is 38.0 Å². The fraction of sp³-hybridized carbons (Fsp3) is 0.538. The third-order valence-corrected chi connectivity index (χ3v) is 3.78. The molecule has 0 aliphatic heterocycles. The third kappa shape index (κ3) is 2.64. The summed E-state index contributed by atoms with van der Waals surface area (Å²) in [5.41, 5.74) is 3.31. The Morgan fingerprint density at radius 3 is 2.35 bits per heavy atom. The number of nitrogens with two attached hydrogens (primary N) is 1. The van der Waals surface area contributed by atoms with E-state index in [0.717, 1.165) is 25.3 Å². The van der Waals surface area contributed by atoms with Crippen LogP contribution in [0.25, 0.3) is 0 Å². The van der Waals surface area contributed by atoms with Gasteiger partial charge in [-0.25, -0.2) is 8.78 Å². The molecule has 3 N–H and O–H groups in total. The highest BCUT2D eigenvalue weighted by Crippen LogP contribution is 2.39. The molecule has 3 atom stereocenters. The molecule has 0 saturated heterocycles. The van der Waals surface area contributed by atoms with Gasteiger partial charge in [-0.3, -0.25) is 11.3 Å². The molecule has 1 saturated carbocycles. The zero-order valence-electron chi connectivity index (χ0n) is 9.92. The number of rotatable bonds is 3. The number of hydrogen-bond acceptors (Lipinski definition) is 2. The van der Waals surface area contributed by atoms with E-state index in [4.69, 9.17) is 5.84 Å². The molecule has 1 aromatic carbocycles. The summed E-state index contributed by atoms with van der Waals surface area (Å²) in [7, 11) is 0. The first-order valence-corrected chi connectivity index (χ1v) is 6.04. The largest absolute Gasteiger partial charge is 0.271 e. The van der Waals surface area contributed by atoms with Crippen LogP contribution in [0.2, 0.25) is 0 Å². The molecule has 1 aliphatic rings. The summed E-state index contributed by atoms with van der Waals surface area (Å²) >= 11 is 0. The zero-order chi connectivity index (χ0) is 12.4. The van der Waals surface area contributed by atoms with E-state index in [1.807, 2.05) is 0 Å². The first-order chi connectivity index (χ1) is 8.11. The van der Waals surface area contributed by atoms with Gasteiger partial charge in [-0.2, -0.15) is 0 Å². The van der Waals surface area contributed by atoms with Crippen LogP contribution >= 0.6 is 0 Å². The Balaban J connectivity index is 2.28. The second-order valence-electron chi connectivity index (χ2n) is 4.92. The number of halogens is 2. The summed E-state index contributed by atoms with van der Waals surface area (Å²) in [6, 6.07) is 3.43. The summed E-state index contributed by atoms with van der Waals surface area (Å²) in [5, 5.41) is 0. The van der Waals surface area contributed by atoms with Crippen LogP contribution in [-0.2, 0) is 0 Å². The predicted octanol–water partition coefficient (Wildman–Crippen LogP) is 2.91. The molecule has 0 radical (unpaired) electrons. The summed E-state index contributed by atoms with van der Waals surface area (Å²) in [6.07, 6.45) is 3.36. The number of hydrazine groups is 1. The molecule has 0 bridgehead atoms. The fourth-order valence-electron chi connectivity index (χ4n) is 2.89. The molecule has 0 heterocycles.